The number of amides is 1. The van der Waals surface area contributed by atoms with Crippen molar-refractivity contribution in [3.8, 4) is 5.88 Å². The zero-order chi connectivity index (χ0) is 21.5. The predicted molar refractivity (Wildman–Crippen MR) is 116 cm³/mol. The number of hydrogen-bond acceptors (Lipinski definition) is 7. The van der Waals surface area contributed by atoms with Crippen molar-refractivity contribution in [2.75, 3.05) is 26.2 Å². The highest BCUT2D eigenvalue weighted by Gasteiger charge is 2.33. The van der Waals surface area contributed by atoms with Gasteiger partial charge >= 0.3 is 0 Å². The number of nitrogens with zero attached hydrogens (tertiary/aromatic N) is 5. The maximum absolute atomic E-state index is 12.6. The highest BCUT2D eigenvalue weighted by Crippen LogP contribution is 2.40. The largest absolute Gasteiger partial charge is 0.492 e. The fourth-order valence-corrected chi connectivity index (χ4v) is 5.20. The number of furan rings is 1. The molecule has 1 fully saturated rings. The van der Waals surface area contributed by atoms with Crippen LogP contribution in [0.4, 0.5) is 0 Å². The maximum Gasteiger partial charge on any atom is 0.289 e. The Morgan fingerprint density at radius 2 is 1.87 bits per heavy atom. The van der Waals surface area contributed by atoms with Gasteiger partial charge in [0.05, 0.1) is 17.2 Å². The van der Waals surface area contributed by atoms with Crippen LogP contribution in [0.15, 0.2) is 47.1 Å². The number of fused-ring (bicyclic) bond motifs is 1. The summed E-state index contributed by atoms with van der Waals surface area (Å²) < 4.78 is 6.78. The summed E-state index contributed by atoms with van der Waals surface area (Å²) in [6.07, 6.45) is 1.52. The van der Waals surface area contributed by atoms with E-state index in [0.29, 0.717) is 42.7 Å². The first-order chi connectivity index (χ1) is 15.0. The van der Waals surface area contributed by atoms with E-state index < -0.39 is 0 Å². The Morgan fingerprint density at radius 3 is 2.52 bits per heavy atom. The van der Waals surface area contributed by atoms with Crippen LogP contribution in [0.2, 0.25) is 0 Å². The standard InChI is InChI=1S/C22H23N5O3S/c1-14-5-7-16(8-6-14)18(19-21(29)27-22(31-19)23-15(2)24-27)25-9-11-26(12-10-25)20(28)17-4-3-13-30-17/h3-8,13,18,29H,9-12H2,1-2H3/t18-/m1/s1. The predicted octanol–water partition coefficient (Wildman–Crippen LogP) is 3.25. The molecule has 0 bridgehead atoms. The summed E-state index contributed by atoms with van der Waals surface area (Å²) in [6, 6.07) is 11.6. The van der Waals surface area contributed by atoms with E-state index >= 15 is 0 Å². The van der Waals surface area contributed by atoms with Gasteiger partial charge in [0.25, 0.3) is 5.91 Å². The molecule has 0 radical (unpaired) electrons. The van der Waals surface area contributed by atoms with Gasteiger partial charge in [-0.2, -0.15) is 4.52 Å². The number of rotatable bonds is 4. The van der Waals surface area contributed by atoms with Crippen molar-refractivity contribution < 1.29 is 14.3 Å². The molecule has 1 atom stereocenters. The van der Waals surface area contributed by atoms with Gasteiger partial charge in [0.15, 0.2) is 5.76 Å². The molecule has 1 aliphatic rings. The highest BCUT2D eigenvalue weighted by atomic mass is 32.1. The van der Waals surface area contributed by atoms with Crippen LogP contribution in [0.1, 0.15) is 38.4 Å². The molecular weight excluding hydrogens is 414 g/mol. The molecule has 0 aliphatic carbocycles. The second-order valence-corrected chi connectivity index (χ2v) is 8.77. The van der Waals surface area contributed by atoms with Crippen LogP contribution < -0.4 is 0 Å². The summed E-state index contributed by atoms with van der Waals surface area (Å²) in [5.74, 6) is 1.03. The summed E-state index contributed by atoms with van der Waals surface area (Å²) in [5.41, 5.74) is 2.27. The average Bonchev–Trinajstić information content (AvgIpc) is 3.49. The van der Waals surface area contributed by atoms with Crippen LogP contribution in [0.25, 0.3) is 4.96 Å². The van der Waals surface area contributed by atoms with Crippen LogP contribution in [-0.4, -0.2) is 61.6 Å². The summed E-state index contributed by atoms with van der Waals surface area (Å²) in [6.45, 7) is 6.39. The Kier molecular flexibility index (Phi) is 4.99. The third kappa shape index (κ3) is 3.60. The van der Waals surface area contributed by atoms with E-state index in [2.05, 4.69) is 46.2 Å². The lowest BCUT2D eigenvalue weighted by Crippen LogP contribution is -2.49. The van der Waals surface area contributed by atoms with Gasteiger partial charge in [-0.25, -0.2) is 4.98 Å². The third-order valence-electron chi connectivity index (χ3n) is 5.65. The monoisotopic (exact) mass is 437 g/mol. The van der Waals surface area contributed by atoms with Crippen molar-refractivity contribution in [1.29, 1.82) is 0 Å². The number of thiazole rings is 1. The Hall–Kier alpha value is -3.17. The van der Waals surface area contributed by atoms with Gasteiger partial charge in [-0.1, -0.05) is 41.2 Å². The SMILES string of the molecule is Cc1ccc([C@H](c2sc3nc(C)nn3c2O)N2CCN(C(=O)c3ccco3)CC2)cc1. The number of aromatic nitrogens is 3. The topological polar surface area (TPSA) is 87.1 Å². The van der Waals surface area contributed by atoms with Crippen molar-refractivity contribution >= 4 is 22.2 Å². The molecule has 4 aromatic rings. The molecule has 4 heterocycles. The Morgan fingerprint density at radius 1 is 1.13 bits per heavy atom. The molecule has 1 aliphatic heterocycles. The zero-order valence-corrected chi connectivity index (χ0v) is 18.2. The van der Waals surface area contributed by atoms with Crippen LogP contribution in [0.3, 0.4) is 0 Å². The molecule has 5 rings (SSSR count). The van der Waals surface area contributed by atoms with Gasteiger partial charge in [-0.15, -0.1) is 5.10 Å². The van der Waals surface area contributed by atoms with Gasteiger partial charge < -0.3 is 14.4 Å². The lowest BCUT2D eigenvalue weighted by atomic mass is 10.0. The summed E-state index contributed by atoms with van der Waals surface area (Å²) >= 11 is 1.45. The molecule has 31 heavy (non-hydrogen) atoms. The first-order valence-electron chi connectivity index (χ1n) is 10.2. The molecule has 1 aromatic carbocycles. The second kappa shape index (κ2) is 7.82. The average molecular weight is 438 g/mol. The van der Waals surface area contributed by atoms with Gasteiger partial charge in [-0.3, -0.25) is 9.69 Å². The smallest absolute Gasteiger partial charge is 0.289 e. The van der Waals surface area contributed by atoms with E-state index in [0.717, 1.165) is 10.4 Å². The second-order valence-electron chi connectivity index (χ2n) is 7.76. The minimum Gasteiger partial charge on any atom is -0.492 e. The molecule has 3 aromatic heterocycles. The normalized spacial score (nSPS) is 16.1. The third-order valence-corrected chi connectivity index (χ3v) is 6.72. The molecule has 160 valence electrons. The molecule has 1 saturated heterocycles. The van der Waals surface area contributed by atoms with Crippen molar-refractivity contribution in [3.05, 3.63) is 70.3 Å². The Labute approximate surface area is 183 Å². The lowest BCUT2D eigenvalue weighted by molar-refractivity contribution is 0.0568. The van der Waals surface area contributed by atoms with Crippen molar-refractivity contribution in [2.24, 2.45) is 0 Å². The van der Waals surface area contributed by atoms with Crippen molar-refractivity contribution in [1.82, 2.24) is 24.4 Å². The molecule has 0 saturated carbocycles. The number of aromatic hydroxyl groups is 1. The van der Waals surface area contributed by atoms with E-state index in [1.165, 1.54) is 27.7 Å². The van der Waals surface area contributed by atoms with Gasteiger partial charge in [-0.05, 0) is 31.5 Å². The van der Waals surface area contributed by atoms with Gasteiger partial charge in [0.2, 0.25) is 10.8 Å². The van der Waals surface area contributed by atoms with E-state index in [9.17, 15) is 9.90 Å². The summed E-state index contributed by atoms with van der Waals surface area (Å²) in [5, 5.41) is 15.3. The van der Waals surface area contributed by atoms with Gasteiger partial charge in [0, 0.05) is 26.2 Å². The van der Waals surface area contributed by atoms with Crippen LogP contribution in [0, 0.1) is 13.8 Å². The molecule has 8 nitrogen and oxygen atoms in total. The molecule has 0 spiro atoms. The van der Waals surface area contributed by atoms with Crippen molar-refractivity contribution in [3.63, 3.8) is 0 Å². The molecular formula is C22H23N5O3S. The lowest BCUT2D eigenvalue weighted by Gasteiger charge is -2.38. The number of piperazine rings is 1. The number of aryl methyl sites for hydroxylation is 2. The highest BCUT2D eigenvalue weighted by molar-refractivity contribution is 7.17. The van der Waals surface area contributed by atoms with Crippen LogP contribution >= 0.6 is 11.3 Å². The minimum atomic E-state index is -0.143. The Balaban J connectivity index is 1.45. The van der Waals surface area contributed by atoms with Crippen LogP contribution in [-0.2, 0) is 0 Å². The van der Waals surface area contributed by atoms with E-state index in [1.807, 2.05) is 11.8 Å². The van der Waals surface area contributed by atoms with Crippen molar-refractivity contribution in [2.45, 2.75) is 19.9 Å². The first kappa shape index (κ1) is 19.8. The molecule has 1 N–H and O–H groups in total. The molecule has 1 amide bonds. The number of carbonyl (C=O) groups is 1. The number of hydrogen-bond donors (Lipinski definition) is 1. The first-order valence-corrected chi connectivity index (χ1v) is 11.0. The van der Waals surface area contributed by atoms with E-state index in [4.69, 9.17) is 4.42 Å². The fraction of sp³-hybridized carbons (Fsp3) is 0.318. The van der Waals surface area contributed by atoms with Crippen LogP contribution in [0.5, 0.6) is 5.88 Å². The van der Waals surface area contributed by atoms with E-state index in [-0.39, 0.29) is 17.8 Å². The summed E-state index contributed by atoms with van der Waals surface area (Å²) in [7, 11) is 0. The number of carbonyl (C=O) groups excluding carboxylic acids is 1. The molecule has 9 heteroatoms. The fourth-order valence-electron chi connectivity index (χ4n) is 4.04. The minimum absolute atomic E-state index is 0.0892. The van der Waals surface area contributed by atoms with E-state index in [1.54, 1.807) is 12.1 Å². The molecule has 0 unspecified atom stereocenters. The van der Waals surface area contributed by atoms with Gasteiger partial charge in [0.1, 0.15) is 5.82 Å². The number of benzene rings is 1. The maximum atomic E-state index is 12.6. The quantitative estimate of drug-likeness (QED) is 0.527. The Bertz CT molecular complexity index is 1200. The summed E-state index contributed by atoms with van der Waals surface area (Å²) in [4.78, 5) is 22.7. The zero-order valence-electron chi connectivity index (χ0n) is 17.4.